The number of nitrogens with zero attached hydrogens (tertiary/aromatic N) is 5. The first-order valence-electron chi connectivity index (χ1n) is 16.5. The number of nitrogens with one attached hydrogen (secondary N) is 2. The number of aromatic nitrogens is 2. The van der Waals surface area contributed by atoms with Crippen molar-refractivity contribution in [1.82, 2.24) is 34.5 Å². The maximum atomic E-state index is 14.1. The minimum absolute atomic E-state index is 0.0104. The van der Waals surface area contributed by atoms with E-state index in [0.717, 1.165) is 64.8 Å². The van der Waals surface area contributed by atoms with Gasteiger partial charge in [0.25, 0.3) is 0 Å². The van der Waals surface area contributed by atoms with Crippen molar-refractivity contribution in [3.63, 3.8) is 0 Å². The van der Waals surface area contributed by atoms with Crippen molar-refractivity contribution in [2.75, 3.05) is 65.1 Å². The number of halogens is 2. The van der Waals surface area contributed by atoms with Gasteiger partial charge in [-0.2, -0.15) is 0 Å². The Hall–Kier alpha value is -3.13. The monoisotopic (exact) mass is 770 g/mol. The molecular weight excluding hydrogens is 728 g/mol. The summed E-state index contributed by atoms with van der Waals surface area (Å²) in [6, 6.07) is 13.1. The fourth-order valence-corrected chi connectivity index (χ4v) is 8.36. The summed E-state index contributed by atoms with van der Waals surface area (Å²) in [7, 11) is 2.17. The summed E-state index contributed by atoms with van der Waals surface area (Å²) in [4.78, 5) is 52.1. The van der Waals surface area contributed by atoms with Crippen LogP contribution in [-0.2, 0) is 11.2 Å². The van der Waals surface area contributed by atoms with Gasteiger partial charge in [-0.3, -0.25) is 14.3 Å². The van der Waals surface area contributed by atoms with Crippen LogP contribution < -0.4 is 16.7 Å². The number of carbonyl (C=O) groups is 2. The summed E-state index contributed by atoms with van der Waals surface area (Å²) < 4.78 is 3.24. The second kappa shape index (κ2) is 15.0. The standard InChI is InChI=1S/C34H44Br2N8O3/c1-40-15-17-41(18-16-40)25-7-11-42(12-8-25)32(45)29(21-23-19-27(35)31(37)28(36)20-23)38-33(46)43-13-9-26(10-14-43)44-22-30(39-34(44)47)24-5-3-2-4-6-24/h2-6,19-20,22,25-26,29H,7-18,21,37H2,1H3,(H,38,46)(H,39,47)/t29-/m1/s1. The maximum absolute atomic E-state index is 14.1. The van der Waals surface area contributed by atoms with Crippen LogP contribution in [0.15, 0.2) is 62.4 Å². The number of hydrogen-bond acceptors (Lipinski definition) is 6. The molecular formula is C34H44Br2N8O3. The molecule has 0 radical (unpaired) electrons. The van der Waals surface area contributed by atoms with Gasteiger partial charge in [0.2, 0.25) is 5.91 Å². The van der Waals surface area contributed by atoms with Gasteiger partial charge in [0, 0.05) is 86.0 Å². The van der Waals surface area contributed by atoms with Crippen LogP contribution in [0.3, 0.4) is 0 Å². The van der Waals surface area contributed by atoms with Crippen LogP contribution in [0.5, 0.6) is 0 Å². The fourth-order valence-electron chi connectivity index (χ4n) is 7.08. The third-order valence-corrected chi connectivity index (χ3v) is 11.3. The number of likely N-dealkylation sites (tertiary alicyclic amines) is 2. The normalized spacial score (nSPS) is 19.6. The molecule has 13 heteroatoms. The molecule has 11 nitrogen and oxygen atoms in total. The smallest absolute Gasteiger partial charge is 0.326 e. The van der Waals surface area contributed by atoms with Crippen molar-refractivity contribution in [2.24, 2.45) is 0 Å². The lowest BCUT2D eigenvalue weighted by molar-refractivity contribution is -0.135. The lowest BCUT2D eigenvalue weighted by Gasteiger charge is -2.42. The zero-order chi connectivity index (χ0) is 33.1. The lowest BCUT2D eigenvalue weighted by atomic mass is 9.99. The average Bonchev–Trinajstić information content (AvgIpc) is 3.48. The van der Waals surface area contributed by atoms with Gasteiger partial charge in [-0.1, -0.05) is 30.3 Å². The Morgan fingerprint density at radius 2 is 1.49 bits per heavy atom. The lowest BCUT2D eigenvalue weighted by Crippen LogP contribution is -2.57. The predicted molar refractivity (Wildman–Crippen MR) is 191 cm³/mol. The van der Waals surface area contributed by atoms with Crippen molar-refractivity contribution in [1.29, 1.82) is 0 Å². The largest absolute Gasteiger partial charge is 0.397 e. The van der Waals surface area contributed by atoms with Crippen LogP contribution in [0.25, 0.3) is 11.3 Å². The molecule has 1 aromatic heterocycles. The average molecular weight is 773 g/mol. The molecule has 0 aliphatic carbocycles. The zero-order valence-electron chi connectivity index (χ0n) is 26.8. The highest BCUT2D eigenvalue weighted by Crippen LogP contribution is 2.31. The Bertz CT molecular complexity index is 1580. The third kappa shape index (κ3) is 7.96. The molecule has 1 atom stereocenters. The van der Waals surface area contributed by atoms with E-state index in [9.17, 15) is 14.4 Å². The van der Waals surface area contributed by atoms with E-state index in [-0.39, 0.29) is 23.7 Å². The number of carbonyl (C=O) groups excluding carboxylic acids is 2. The number of imidazole rings is 1. The topological polar surface area (TPSA) is 123 Å². The predicted octanol–water partition coefficient (Wildman–Crippen LogP) is 4.15. The number of urea groups is 1. The van der Waals surface area contributed by atoms with E-state index in [1.807, 2.05) is 53.6 Å². The van der Waals surface area contributed by atoms with Gasteiger partial charge < -0.3 is 30.7 Å². The third-order valence-electron chi connectivity index (χ3n) is 9.98. The Balaban J connectivity index is 1.10. The van der Waals surface area contributed by atoms with Gasteiger partial charge >= 0.3 is 11.7 Å². The molecule has 3 fully saturated rings. The molecule has 4 heterocycles. The number of likely N-dealkylation sites (N-methyl/N-ethyl adjacent to an activating group) is 1. The van der Waals surface area contributed by atoms with Crippen molar-refractivity contribution in [3.8, 4) is 11.3 Å². The van der Waals surface area contributed by atoms with E-state index in [1.165, 1.54) is 0 Å². The highest BCUT2D eigenvalue weighted by atomic mass is 79.9. The summed E-state index contributed by atoms with van der Waals surface area (Å²) in [6.45, 7) is 6.63. The van der Waals surface area contributed by atoms with Crippen LogP contribution in [0, 0.1) is 0 Å². The van der Waals surface area contributed by atoms with E-state index in [0.29, 0.717) is 57.2 Å². The molecule has 47 heavy (non-hydrogen) atoms. The first-order chi connectivity index (χ1) is 22.7. The summed E-state index contributed by atoms with van der Waals surface area (Å²) in [5.74, 6) is -0.0542. The molecule has 6 rings (SSSR count). The van der Waals surface area contributed by atoms with Gasteiger partial charge in [0.15, 0.2) is 0 Å². The number of rotatable bonds is 7. The van der Waals surface area contributed by atoms with Gasteiger partial charge in [-0.25, -0.2) is 9.59 Å². The molecule has 3 aromatic rings. The van der Waals surface area contributed by atoms with Crippen LogP contribution in [0.1, 0.15) is 37.3 Å². The summed E-state index contributed by atoms with van der Waals surface area (Å²) in [5.41, 5.74) is 9.22. The van der Waals surface area contributed by atoms with Crippen LogP contribution in [0.2, 0.25) is 0 Å². The molecule has 252 valence electrons. The van der Waals surface area contributed by atoms with Crippen LogP contribution in [-0.4, -0.2) is 113 Å². The van der Waals surface area contributed by atoms with Crippen molar-refractivity contribution in [3.05, 3.63) is 73.7 Å². The number of aromatic amines is 1. The van der Waals surface area contributed by atoms with Crippen molar-refractivity contribution >= 4 is 49.5 Å². The first kappa shape index (κ1) is 33.8. The SMILES string of the molecule is CN1CCN(C2CCN(C(=O)[C@@H](Cc3cc(Br)c(N)c(Br)c3)NC(=O)N3CCC(n4cc(-c5ccccc5)[nH]c4=O)CC3)CC2)CC1. The molecule has 3 aliphatic rings. The first-order valence-corrected chi connectivity index (χ1v) is 18.1. The Morgan fingerprint density at radius 1 is 0.894 bits per heavy atom. The van der Waals surface area contributed by atoms with Gasteiger partial charge in [-0.05, 0) is 87.9 Å². The fraction of sp³-hybridized carbons (Fsp3) is 0.500. The van der Waals surface area contributed by atoms with E-state index in [4.69, 9.17) is 5.73 Å². The van der Waals surface area contributed by atoms with Crippen molar-refractivity contribution < 1.29 is 9.59 Å². The second-order valence-electron chi connectivity index (χ2n) is 13.0. The molecule has 0 spiro atoms. The van der Waals surface area contributed by atoms with Crippen LogP contribution >= 0.6 is 31.9 Å². The Labute approximate surface area is 292 Å². The second-order valence-corrected chi connectivity index (χ2v) is 14.7. The Morgan fingerprint density at radius 3 is 2.13 bits per heavy atom. The minimum Gasteiger partial charge on any atom is -0.397 e. The molecule has 0 bridgehead atoms. The van der Waals surface area contributed by atoms with Gasteiger partial charge in [0.1, 0.15) is 6.04 Å². The number of amides is 3. The quantitative estimate of drug-likeness (QED) is 0.311. The van der Waals surface area contributed by atoms with Crippen LogP contribution in [0.4, 0.5) is 10.5 Å². The van der Waals surface area contributed by atoms with E-state index in [1.54, 1.807) is 9.47 Å². The number of H-pyrrole nitrogens is 1. The summed E-state index contributed by atoms with van der Waals surface area (Å²) >= 11 is 7.05. The van der Waals surface area contributed by atoms with Crippen molar-refractivity contribution in [2.45, 2.75) is 50.2 Å². The molecule has 3 aliphatic heterocycles. The van der Waals surface area contributed by atoms with E-state index in [2.05, 4.69) is 59.0 Å². The number of benzene rings is 2. The molecule has 2 aromatic carbocycles. The molecule has 0 unspecified atom stereocenters. The Kier molecular flexibility index (Phi) is 10.7. The molecule has 3 saturated heterocycles. The number of anilines is 1. The summed E-state index contributed by atoms with van der Waals surface area (Å²) in [5, 5.41) is 3.10. The van der Waals surface area contributed by atoms with Gasteiger partial charge in [0.05, 0.1) is 11.4 Å². The molecule has 3 amide bonds. The highest BCUT2D eigenvalue weighted by Gasteiger charge is 2.34. The van der Waals surface area contributed by atoms with E-state index < -0.39 is 6.04 Å². The number of nitrogens with two attached hydrogens (primary N) is 1. The minimum atomic E-state index is -0.719. The number of piperazine rings is 1. The highest BCUT2D eigenvalue weighted by molar-refractivity contribution is 9.11. The zero-order valence-corrected chi connectivity index (χ0v) is 30.0. The molecule has 0 saturated carbocycles. The number of piperidine rings is 2. The molecule has 4 N–H and O–H groups in total. The summed E-state index contributed by atoms with van der Waals surface area (Å²) in [6.07, 6.45) is 5.39. The number of hydrogen-bond donors (Lipinski definition) is 3. The van der Waals surface area contributed by atoms with Gasteiger partial charge in [-0.15, -0.1) is 0 Å². The van der Waals surface area contributed by atoms with E-state index >= 15 is 0 Å². The maximum Gasteiger partial charge on any atom is 0.326 e. The number of nitrogen functional groups attached to an aromatic ring is 1.